The van der Waals surface area contributed by atoms with Crippen molar-refractivity contribution in [1.82, 2.24) is 9.88 Å². The number of aromatic nitrogens is 1. The Kier molecular flexibility index (Phi) is 3.36. The van der Waals surface area contributed by atoms with E-state index in [-0.39, 0.29) is 5.60 Å². The normalized spacial score (nSPS) is 35.0. The fraction of sp³-hybridized carbons (Fsp3) is 0.812. The number of thiazole rings is 1. The summed E-state index contributed by atoms with van der Waals surface area (Å²) in [6.07, 6.45) is 8.37. The van der Waals surface area contributed by atoms with Gasteiger partial charge in [0.2, 0.25) is 0 Å². The number of nitrogens with zero attached hydrogens (tertiary/aromatic N) is 2. The van der Waals surface area contributed by atoms with Crippen molar-refractivity contribution in [2.45, 2.75) is 63.0 Å². The third-order valence-corrected chi connectivity index (χ3v) is 6.45. The van der Waals surface area contributed by atoms with Gasteiger partial charge >= 0.3 is 0 Å². The van der Waals surface area contributed by atoms with E-state index < -0.39 is 0 Å². The molecule has 2 atom stereocenters. The molecule has 0 aromatic carbocycles. The summed E-state index contributed by atoms with van der Waals surface area (Å²) in [4.78, 5) is 7.31. The summed E-state index contributed by atoms with van der Waals surface area (Å²) >= 11 is 1.84. The number of aliphatic hydroxyl groups is 1. The van der Waals surface area contributed by atoms with E-state index in [2.05, 4.69) is 10.3 Å². The van der Waals surface area contributed by atoms with E-state index in [0.717, 1.165) is 38.4 Å². The summed E-state index contributed by atoms with van der Waals surface area (Å²) in [6, 6.07) is 0. The Balaban J connectivity index is 1.39. The minimum atomic E-state index is -0.351. The summed E-state index contributed by atoms with van der Waals surface area (Å²) in [5.41, 5.74) is 0.897. The smallest absolute Gasteiger partial charge is 0.0959 e. The van der Waals surface area contributed by atoms with Crippen LogP contribution in [-0.4, -0.2) is 33.7 Å². The molecule has 1 aliphatic heterocycles. The lowest BCUT2D eigenvalue weighted by molar-refractivity contribution is -0.0969. The molecule has 1 aromatic heterocycles. The molecule has 3 fully saturated rings. The standard InChI is InChI=1S/C16H24N2OS/c19-16-6-2-1-3-13(16)9-18(8-7-16)10-14-11-20-15(17-14)12-4-5-12/h11-13,19H,1-10H2. The van der Waals surface area contributed by atoms with Crippen LogP contribution >= 0.6 is 11.3 Å². The Bertz CT molecular complexity index is 485. The Morgan fingerprint density at radius 2 is 2.20 bits per heavy atom. The molecule has 2 heterocycles. The van der Waals surface area contributed by atoms with Crippen molar-refractivity contribution in [3.63, 3.8) is 0 Å². The van der Waals surface area contributed by atoms with Crippen molar-refractivity contribution in [2.75, 3.05) is 13.1 Å². The molecule has 1 N–H and O–H groups in total. The van der Waals surface area contributed by atoms with Crippen LogP contribution in [0.1, 0.15) is 61.6 Å². The van der Waals surface area contributed by atoms with E-state index in [1.165, 1.54) is 42.8 Å². The van der Waals surface area contributed by atoms with E-state index in [4.69, 9.17) is 4.98 Å². The first-order valence-electron chi connectivity index (χ1n) is 8.12. The molecule has 4 heteroatoms. The molecule has 0 radical (unpaired) electrons. The van der Waals surface area contributed by atoms with Crippen LogP contribution in [0.4, 0.5) is 0 Å². The lowest BCUT2D eigenvalue weighted by atomic mass is 9.71. The third-order valence-electron chi connectivity index (χ3n) is 5.39. The molecule has 2 saturated carbocycles. The molecule has 3 aliphatic rings. The van der Waals surface area contributed by atoms with Crippen molar-refractivity contribution in [3.05, 3.63) is 16.1 Å². The molecule has 4 rings (SSSR count). The molecular formula is C16H24N2OS. The Morgan fingerprint density at radius 1 is 1.30 bits per heavy atom. The van der Waals surface area contributed by atoms with E-state index in [9.17, 15) is 5.11 Å². The molecule has 1 aromatic rings. The van der Waals surface area contributed by atoms with Crippen molar-refractivity contribution in [3.8, 4) is 0 Å². The highest BCUT2D eigenvalue weighted by Crippen LogP contribution is 2.42. The quantitative estimate of drug-likeness (QED) is 0.930. The fourth-order valence-corrected chi connectivity index (χ4v) is 4.91. The number of hydrogen-bond donors (Lipinski definition) is 1. The van der Waals surface area contributed by atoms with Crippen molar-refractivity contribution in [2.24, 2.45) is 5.92 Å². The van der Waals surface area contributed by atoms with Gasteiger partial charge in [-0.1, -0.05) is 12.8 Å². The molecular weight excluding hydrogens is 268 g/mol. The van der Waals surface area contributed by atoms with Crippen molar-refractivity contribution in [1.29, 1.82) is 0 Å². The largest absolute Gasteiger partial charge is 0.390 e. The van der Waals surface area contributed by atoms with Gasteiger partial charge in [-0.2, -0.15) is 0 Å². The predicted octanol–water partition coefficient (Wildman–Crippen LogP) is 3.15. The van der Waals surface area contributed by atoms with Crippen LogP contribution in [0.3, 0.4) is 0 Å². The highest BCUT2D eigenvalue weighted by atomic mass is 32.1. The molecule has 1 saturated heterocycles. The van der Waals surface area contributed by atoms with Gasteiger partial charge in [0.15, 0.2) is 0 Å². The van der Waals surface area contributed by atoms with Crippen LogP contribution in [0.15, 0.2) is 5.38 Å². The van der Waals surface area contributed by atoms with E-state index >= 15 is 0 Å². The zero-order valence-electron chi connectivity index (χ0n) is 12.1. The van der Waals surface area contributed by atoms with Gasteiger partial charge in [0.05, 0.1) is 16.3 Å². The second-order valence-corrected chi connectivity index (χ2v) is 7.87. The van der Waals surface area contributed by atoms with Gasteiger partial charge in [0.1, 0.15) is 0 Å². The fourth-order valence-electron chi connectivity index (χ4n) is 3.93. The molecule has 0 amide bonds. The first kappa shape index (κ1) is 13.2. The maximum atomic E-state index is 10.7. The maximum Gasteiger partial charge on any atom is 0.0959 e. The molecule has 20 heavy (non-hydrogen) atoms. The summed E-state index contributed by atoms with van der Waals surface area (Å²) in [5.74, 6) is 1.27. The Morgan fingerprint density at radius 3 is 3.05 bits per heavy atom. The topological polar surface area (TPSA) is 36.4 Å². The van der Waals surface area contributed by atoms with Crippen molar-refractivity contribution >= 4 is 11.3 Å². The average Bonchev–Trinajstić information content (AvgIpc) is 3.20. The van der Waals surface area contributed by atoms with Crippen LogP contribution in [0.25, 0.3) is 0 Å². The van der Waals surface area contributed by atoms with Gasteiger partial charge in [-0.05, 0) is 32.1 Å². The van der Waals surface area contributed by atoms with Crippen LogP contribution < -0.4 is 0 Å². The van der Waals surface area contributed by atoms with Crippen LogP contribution in [-0.2, 0) is 6.54 Å². The van der Waals surface area contributed by atoms with Gasteiger partial charge in [-0.25, -0.2) is 4.98 Å². The summed E-state index contributed by atoms with van der Waals surface area (Å²) in [6.45, 7) is 3.08. The van der Waals surface area contributed by atoms with Crippen molar-refractivity contribution < 1.29 is 5.11 Å². The number of likely N-dealkylation sites (tertiary alicyclic amines) is 1. The summed E-state index contributed by atoms with van der Waals surface area (Å²) in [5, 5.41) is 14.3. The molecule has 0 bridgehead atoms. The van der Waals surface area contributed by atoms with Gasteiger partial charge in [0, 0.05) is 36.9 Å². The molecule has 0 spiro atoms. The second-order valence-electron chi connectivity index (χ2n) is 6.98. The lowest BCUT2D eigenvalue weighted by Crippen LogP contribution is -2.52. The van der Waals surface area contributed by atoms with Gasteiger partial charge in [0.25, 0.3) is 0 Å². The summed E-state index contributed by atoms with van der Waals surface area (Å²) < 4.78 is 0. The number of piperidine rings is 1. The first-order chi connectivity index (χ1) is 9.73. The van der Waals surface area contributed by atoms with Crippen LogP contribution in [0, 0.1) is 5.92 Å². The monoisotopic (exact) mass is 292 g/mol. The minimum Gasteiger partial charge on any atom is -0.390 e. The lowest BCUT2D eigenvalue weighted by Gasteiger charge is -2.47. The van der Waals surface area contributed by atoms with Crippen LogP contribution in [0.5, 0.6) is 0 Å². The zero-order valence-corrected chi connectivity index (χ0v) is 12.9. The first-order valence-corrected chi connectivity index (χ1v) is 9.00. The van der Waals surface area contributed by atoms with Gasteiger partial charge in [-0.15, -0.1) is 11.3 Å². The van der Waals surface area contributed by atoms with E-state index in [1.807, 2.05) is 11.3 Å². The molecule has 2 unspecified atom stereocenters. The predicted molar refractivity (Wildman–Crippen MR) is 80.9 cm³/mol. The van der Waals surface area contributed by atoms with E-state index in [1.54, 1.807) is 0 Å². The highest BCUT2D eigenvalue weighted by molar-refractivity contribution is 7.09. The molecule has 3 nitrogen and oxygen atoms in total. The third kappa shape index (κ3) is 2.53. The molecule has 110 valence electrons. The Labute approximate surface area is 125 Å². The van der Waals surface area contributed by atoms with Gasteiger partial charge < -0.3 is 5.11 Å². The SMILES string of the molecule is OC12CCCCC1CN(Cc1csc(C3CC3)n1)CC2. The Hall–Kier alpha value is -0.450. The highest BCUT2D eigenvalue weighted by Gasteiger charge is 2.42. The van der Waals surface area contributed by atoms with E-state index in [0.29, 0.717) is 5.92 Å². The van der Waals surface area contributed by atoms with Gasteiger partial charge in [-0.3, -0.25) is 4.90 Å². The zero-order chi connectivity index (χ0) is 13.6. The maximum absolute atomic E-state index is 10.7. The average molecular weight is 292 g/mol. The minimum absolute atomic E-state index is 0.351. The second kappa shape index (κ2) is 5.08. The van der Waals surface area contributed by atoms with Crippen LogP contribution in [0.2, 0.25) is 0 Å². The number of hydrogen-bond acceptors (Lipinski definition) is 4. The summed E-state index contributed by atoms with van der Waals surface area (Å²) in [7, 11) is 0. The number of fused-ring (bicyclic) bond motifs is 1. The number of rotatable bonds is 3. The molecule has 2 aliphatic carbocycles.